The summed E-state index contributed by atoms with van der Waals surface area (Å²) in [5.41, 5.74) is 0. The molecule has 0 bridgehead atoms. The van der Waals surface area contributed by atoms with Crippen LogP contribution in [0.5, 0.6) is 0 Å². The zero-order chi connectivity index (χ0) is 37.8. The second-order valence-electron chi connectivity index (χ2n) is 13.4. The predicted molar refractivity (Wildman–Crippen MR) is 227 cm³/mol. The minimum Gasteiger partial charge on any atom is -0.481 e. The number of unbranched alkanes of at least 4 members (excludes halogenated alkanes) is 9. The van der Waals surface area contributed by atoms with Gasteiger partial charge in [-0.1, -0.05) is 149 Å². The lowest BCUT2D eigenvalue weighted by molar-refractivity contribution is -0.150. The van der Waals surface area contributed by atoms with Gasteiger partial charge in [-0.2, -0.15) is 0 Å². The van der Waals surface area contributed by atoms with Crippen LogP contribution in [-0.2, 0) is 14.3 Å². The van der Waals surface area contributed by atoms with Gasteiger partial charge >= 0.3 is 11.9 Å². The van der Waals surface area contributed by atoms with E-state index in [4.69, 9.17) is 9.84 Å². The Morgan fingerprint density at radius 2 is 0.750 bits per heavy atom. The fourth-order valence-corrected chi connectivity index (χ4v) is 5.49. The van der Waals surface area contributed by atoms with Gasteiger partial charge in [0, 0.05) is 12.8 Å². The molecule has 0 rings (SSSR count). The third-order valence-electron chi connectivity index (χ3n) is 8.49. The molecular weight excluding hydrogens is 641 g/mol. The van der Waals surface area contributed by atoms with Crippen LogP contribution in [0.25, 0.3) is 0 Å². The number of hydrogen-bond acceptors (Lipinski definition) is 3. The van der Waals surface area contributed by atoms with E-state index < -0.39 is 5.97 Å². The number of carbonyl (C=O) groups excluding carboxylic acids is 1. The molecule has 1 atom stereocenters. The first kappa shape index (κ1) is 48.6. The first-order chi connectivity index (χ1) is 25.6. The molecule has 0 spiro atoms. The molecule has 1 unspecified atom stereocenters. The smallest absolute Gasteiger partial charge is 0.306 e. The van der Waals surface area contributed by atoms with Crippen LogP contribution in [0.4, 0.5) is 0 Å². The van der Waals surface area contributed by atoms with Gasteiger partial charge in [0.15, 0.2) is 0 Å². The molecule has 52 heavy (non-hydrogen) atoms. The highest BCUT2D eigenvalue weighted by molar-refractivity contribution is 5.69. The molecule has 0 heterocycles. The van der Waals surface area contributed by atoms with Crippen LogP contribution in [0.15, 0.2) is 109 Å². The summed E-state index contributed by atoms with van der Waals surface area (Å²) in [5, 5.41) is 8.84. The molecule has 0 saturated carbocycles. The topological polar surface area (TPSA) is 63.6 Å². The average Bonchev–Trinajstić information content (AvgIpc) is 3.13. The predicted octanol–water partition coefficient (Wildman–Crippen LogP) is 14.8. The number of hydrogen-bond donors (Lipinski definition) is 1. The SMILES string of the molecule is CC/C=C\C/C=C\C/C=C\C/C=C\C/C=C\CCCCCC(=O)OC(CCCC/C=C\C/C=C\C/C=C\C/C=C\CC)CCCCCCCC(=O)O. The Morgan fingerprint density at radius 1 is 0.423 bits per heavy atom. The molecule has 0 amide bonds. The third kappa shape index (κ3) is 41.0. The monoisotopic (exact) mass is 717 g/mol. The van der Waals surface area contributed by atoms with Crippen LogP contribution in [0.2, 0.25) is 0 Å². The fourth-order valence-electron chi connectivity index (χ4n) is 5.49. The zero-order valence-corrected chi connectivity index (χ0v) is 33.3. The van der Waals surface area contributed by atoms with E-state index in [1.807, 2.05) is 0 Å². The molecule has 0 aliphatic carbocycles. The molecule has 1 N–H and O–H groups in total. The maximum Gasteiger partial charge on any atom is 0.306 e. The van der Waals surface area contributed by atoms with E-state index >= 15 is 0 Å². The van der Waals surface area contributed by atoms with Gasteiger partial charge in [0.05, 0.1) is 0 Å². The van der Waals surface area contributed by atoms with Gasteiger partial charge in [-0.15, -0.1) is 0 Å². The molecule has 0 aliphatic rings. The molecule has 0 radical (unpaired) electrons. The maximum absolute atomic E-state index is 12.7. The summed E-state index contributed by atoms with van der Waals surface area (Å²) < 4.78 is 5.98. The summed E-state index contributed by atoms with van der Waals surface area (Å²) in [6, 6.07) is 0. The summed E-state index contributed by atoms with van der Waals surface area (Å²) in [6.45, 7) is 4.31. The van der Waals surface area contributed by atoms with Gasteiger partial charge in [-0.25, -0.2) is 0 Å². The molecule has 292 valence electrons. The van der Waals surface area contributed by atoms with Gasteiger partial charge in [0.25, 0.3) is 0 Å². The van der Waals surface area contributed by atoms with Crippen molar-refractivity contribution in [2.45, 2.75) is 180 Å². The molecule has 0 aromatic rings. The van der Waals surface area contributed by atoms with Crippen LogP contribution in [0.1, 0.15) is 174 Å². The van der Waals surface area contributed by atoms with Crippen molar-refractivity contribution in [2.75, 3.05) is 0 Å². The summed E-state index contributed by atoms with van der Waals surface area (Å²) >= 11 is 0. The number of carbonyl (C=O) groups is 2. The van der Waals surface area contributed by atoms with Crippen LogP contribution in [-0.4, -0.2) is 23.1 Å². The molecular formula is C48H76O4. The minimum absolute atomic E-state index is 0.00903. The van der Waals surface area contributed by atoms with E-state index in [9.17, 15) is 9.59 Å². The lowest BCUT2D eigenvalue weighted by Crippen LogP contribution is -2.18. The molecule has 0 fully saturated rings. The number of ether oxygens (including phenoxy) is 1. The van der Waals surface area contributed by atoms with Gasteiger partial charge < -0.3 is 9.84 Å². The largest absolute Gasteiger partial charge is 0.481 e. The standard InChI is InChI=1S/C48H76O4/c1-3-5-7-9-11-13-15-17-19-20-21-22-24-26-28-30-32-37-41-45-48(51)52-46(43-39-35-33-36-40-44-47(49)50)42-38-34-31-29-27-25-23-18-16-14-12-10-8-6-4-2/h5-8,11-14,17-19,21-23,26-29,46H,3-4,9-10,15-16,20,24-25,30-45H2,1-2H3,(H,49,50)/b7-5-,8-6-,13-11-,14-12-,19-17-,22-21-,23-18-,28-26-,29-27-. The van der Waals surface area contributed by atoms with Crippen LogP contribution >= 0.6 is 0 Å². The van der Waals surface area contributed by atoms with Gasteiger partial charge in [-0.05, 0) is 122 Å². The highest BCUT2D eigenvalue weighted by Gasteiger charge is 2.14. The molecule has 0 aromatic carbocycles. The van der Waals surface area contributed by atoms with Crippen LogP contribution in [0.3, 0.4) is 0 Å². The number of carboxylic acids is 1. The fraction of sp³-hybridized carbons (Fsp3) is 0.583. The number of esters is 1. The highest BCUT2D eigenvalue weighted by atomic mass is 16.5. The van der Waals surface area contributed by atoms with E-state index in [1.54, 1.807) is 0 Å². The minimum atomic E-state index is -0.716. The molecule has 0 saturated heterocycles. The van der Waals surface area contributed by atoms with Gasteiger partial charge in [0.2, 0.25) is 0 Å². The van der Waals surface area contributed by atoms with Crippen molar-refractivity contribution in [2.24, 2.45) is 0 Å². The van der Waals surface area contributed by atoms with E-state index in [2.05, 4.69) is 123 Å². The number of rotatable bonds is 36. The lowest BCUT2D eigenvalue weighted by atomic mass is 10.0. The summed E-state index contributed by atoms with van der Waals surface area (Å²) in [7, 11) is 0. The number of carboxylic acid groups (broad SMARTS) is 1. The zero-order valence-electron chi connectivity index (χ0n) is 33.3. The maximum atomic E-state index is 12.7. The first-order valence-electron chi connectivity index (χ1n) is 20.9. The number of allylic oxidation sites excluding steroid dienone is 18. The highest BCUT2D eigenvalue weighted by Crippen LogP contribution is 2.18. The summed E-state index contributed by atoms with van der Waals surface area (Å²) in [6.07, 6.45) is 63.9. The third-order valence-corrected chi connectivity index (χ3v) is 8.49. The Labute approximate surface area is 320 Å². The molecule has 0 aliphatic heterocycles. The van der Waals surface area contributed by atoms with Gasteiger partial charge in [-0.3, -0.25) is 9.59 Å². The van der Waals surface area contributed by atoms with E-state index in [1.165, 1.54) is 0 Å². The van der Waals surface area contributed by atoms with Crippen molar-refractivity contribution in [3.8, 4) is 0 Å². The van der Waals surface area contributed by atoms with E-state index in [0.29, 0.717) is 6.42 Å². The summed E-state index contributed by atoms with van der Waals surface area (Å²) in [4.78, 5) is 23.4. The quantitative estimate of drug-likeness (QED) is 0.0398. The van der Waals surface area contributed by atoms with Crippen LogP contribution in [0, 0.1) is 0 Å². The average molecular weight is 717 g/mol. The van der Waals surface area contributed by atoms with E-state index in [-0.39, 0.29) is 18.5 Å². The van der Waals surface area contributed by atoms with Crippen molar-refractivity contribution in [3.63, 3.8) is 0 Å². The second kappa shape index (κ2) is 42.0. The van der Waals surface area contributed by atoms with Crippen molar-refractivity contribution in [1.82, 2.24) is 0 Å². The van der Waals surface area contributed by atoms with Crippen molar-refractivity contribution >= 4 is 11.9 Å². The van der Waals surface area contributed by atoms with Crippen molar-refractivity contribution in [3.05, 3.63) is 109 Å². The number of aliphatic carboxylic acids is 1. The Hall–Kier alpha value is -3.40. The first-order valence-corrected chi connectivity index (χ1v) is 20.9. The van der Waals surface area contributed by atoms with Crippen LogP contribution < -0.4 is 0 Å². The second-order valence-corrected chi connectivity index (χ2v) is 13.4. The Balaban J connectivity index is 4.23. The Morgan fingerprint density at radius 3 is 1.19 bits per heavy atom. The lowest BCUT2D eigenvalue weighted by Gasteiger charge is -2.18. The molecule has 0 aromatic heterocycles. The Bertz CT molecular complexity index is 1080. The molecule has 4 heteroatoms. The van der Waals surface area contributed by atoms with Crippen molar-refractivity contribution in [1.29, 1.82) is 0 Å². The van der Waals surface area contributed by atoms with Gasteiger partial charge in [0.1, 0.15) is 6.10 Å². The van der Waals surface area contributed by atoms with Crippen molar-refractivity contribution < 1.29 is 19.4 Å². The summed E-state index contributed by atoms with van der Waals surface area (Å²) in [5.74, 6) is -0.772. The molecule has 4 nitrogen and oxygen atoms in total. The van der Waals surface area contributed by atoms with E-state index in [0.717, 1.165) is 148 Å². The Kier molecular flexibility index (Phi) is 39.3. The normalized spacial score (nSPS) is 13.4.